The van der Waals surface area contributed by atoms with Crippen LogP contribution in [0, 0.1) is 11.3 Å². The van der Waals surface area contributed by atoms with Gasteiger partial charge in [-0.25, -0.2) is 4.98 Å². The number of alkyl halides is 3. The van der Waals surface area contributed by atoms with Gasteiger partial charge in [0, 0.05) is 6.07 Å². The minimum Gasteiger partial charge on any atom is -0.439 e. The van der Waals surface area contributed by atoms with E-state index < -0.39 is 11.7 Å². The SMILES string of the molecule is N#Cc1nc(Oc2cccc(C(F)(F)F)c2)ccc1Cl. The van der Waals surface area contributed by atoms with Crippen molar-refractivity contribution in [3.8, 4) is 17.7 Å². The highest BCUT2D eigenvalue weighted by molar-refractivity contribution is 6.31. The predicted octanol–water partition coefficient (Wildman–Crippen LogP) is 4.42. The van der Waals surface area contributed by atoms with Gasteiger partial charge in [0.05, 0.1) is 10.6 Å². The van der Waals surface area contributed by atoms with E-state index in [1.54, 1.807) is 6.07 Å². The third kappa shape index (κ3) is 3.19. The molecule has 0 bridgehead atoms. The highest BCUT2D eigenvalue weighted by Gasteiger charge is 2.30. The number of hydrogen-bond donors (Lipinski definition) is 0. The molecule has 0 aliphatic carbocycles. The molecule has 3 nitrogen and oxygen atoms in total. The predicted molar refractivity (Wildman–Crippen MR) is 65.5 cm³/mol. The van der Waals surface area contributed by atoms with Crippen LogP contribution in [0.4, 0.5) is 13.2 Å². The van der Waals surface area contributed by atoms with Crippen LogP contribution in [-0.2, 0) is 6.18 Å². The first kappa shape index (κ1) is 14.2. The highest BCUT2D eigenvalue weighted by atomic mass is 35.5. The summed E-state index contributed by atoms with van der Waals surface area (Å²) in [5.41, 5.74) is -0.888. The van der Waals surface area contributed by atoms with E-state index in [1.807, 2.05) is 0 Å². The molecule has 0 unspecified atom stereocenters. The molecule has 0 atom stereocenters. The summed E-state index contributed by atoms with van der Waals surface area (Å²) in [6.45, 7) is 0. The van der Waals surface area contributed by atoms with Crippen LogP contribution in [0.25, 0.3) is 0 Å². The maximum Gasteiger partial charge on any atom is 0.416 e. The number of nitriles is 1. The summed E-state index contributed by atoms with van der Waals surface area (Å²) in [7, 11) is 0. The number of halogens is 4. The van der Waals surface area contributed by atoms with Gasteiger partial charge in [0.1, 0.15) is 11.8 Å². The first-order chi connectivity index (χ1) is 9.40. The Bertz CT molecular complexity index is 680. The van der Waals surface area contributed by atoms with Crippen LogP contribution in [-0.4, -0.2) is 4.98 Å². The first-order valence-electron chi connectivity index (χ1n) is 5.32. The van der Waals surface area contributed by atoms with E-state index in [2.05, 4.69) is 4.98 Å². The first-order valence-corrected chi connectivity index (χ1v) is 5.70. The Morgan fingerprint density at radius 1 is 1.20 bits per heavy atom. The van der Waals surface area contributed by atoms with Crippen LogP contribution < -0.4 is 4.74 Å². The molecule has 2 aromatic rings. The van der Waals surface area contributed by atoms with Gasteiger partial charge in [-0.05, 0) is 24.3 Å². The number of rotatable bonds is 2. The lowest BCUT2D eigenvalue weighted by atomic mass is 10.2. The van der Waals surface area contributed by atoms with Gasteiger partial charge in [-0.2, -0.15) is 18.4 Å². The van der Waals surface area contributed by atoms with Crippen LogP contribution in [0.1, 0.15) is 11.3 Å². The van der Waals surface area contributed by atoms with Crippen LogP contribution in [0.3, 0.4) is 0 Å². The fourth-order valence-electron chi connectivity index (χ4n) is 1.42. The fourth-order valence-corrected chi connectivity index (χ4v) is 1.56. The lowest BCUT2D eigenvalue weighted by molar-refractivity contribution is -0.137. The summed E-state index contributed by atoms with van der Waals surface area (Å²) in [4.78, 5) is 3.78. The van der Waals surface area contributed by atoms with Crippen molar-refractivity contribution in [3.05, 3.63) is 52.7 Å². The number of pyridine rings is 1. The molecule has 102 valence electrons. The van der Waals surface area contributed by atoms with Crippen molar-refractivity contribution in [2.45, 2.75) is 6.18 Å². The monoisotopic (exact) mass is 298 g/mol. The summed E-state index contributed by atoms with van der Waals surface area (Å²) in [5.74, 6) is -0.0381. The molecular weight excluding hydrogens is 293 g/mol. The molecule has 7 heteroatoms. The van der Waals surface area contributed by atoms with E-state index in [-0.39, 0.29) is 22.3 Å². The number of ether oxygens (including phenoxy) is 1. The molecule has 1 aromatic heterocycles. The largest absolute Gasteiger partial charge is 0.439 e. The molecule has 0 spiro atoms. The average Bonchev–Trinajstić information content (AvgIpc) is 2.40. The van der Waals surface area contributed by atoms with Crippen LogP contribution in [0.2, 0.25) is 5.02 Å². The zero-order valence-electron chi connectivity index (χ0n) is 9.78. The molecule has 0 aliphatic rings. The third-order valence-electron chi connectivity index (χ3n) is 2.31. The second kappa shape index (κ2) is 5.39. The van der Waals surface area contributed by atoms with Crippen molar-refractivity contribution in [2.24, 2.45) is 0 Å². The Hall–Kier alpha value is -2.26. The Balaban J connectivity index is 2.29. The van der Waals surface area contributed by atoms with Gasteiger partial charge in [-0.15, -0.1) is 0 Å². The van der Waals surface area contributed by atoms with Crippen LogP contribution in [0.5, 0.6) is 11.6 Å². The van der Waals surface area contributed by atoms with Crippen LogP contribution in [0.15, 0.2) is 36.4 Å². The molecule has 0 aliphatic heterocycles. The summed E-state index contributed by atoms with van der Waals surface area (Å²) in [5, 5.41) is 8.90. The van der Waals surface area contributed by atoms with Crippen molar-refractivity contribution in [1.82, 2.24) is 4.98 Å². The zero-order chi connectivity index (χ0) is 14.8. The van der Waals surface area contributed by atoms with E-state index >= 15 is 0 Å². The number of benzene rings is 1. The summed E-state index contributed by atoms with van der Waals surface area (Å²) in [6, 6.07) is 8.87. The molecular formula is C13H6ClF3N2O. The van der Waals surface area contributed by atoms with Gasteiger partial charge in [-0.1, -0.05) is 17.7 Å². The molecule has 0 radical (unpaired) electrons. The molecule has 0 saturated carbocycles. The summed E-state index contributed by atoms with van der Waals surface area (Å²) < 4.78 is 42.8. The van der Waals surface area contributed by atoms with Crippen molar-refractivity contribution >= 4 is 11.6 Å². The molecule has 0 N–H and O–H groups in total. The van der Waals surface area contributed by atoms with Gasteiger partial charge < -0.3 is 4.74 Å². The molecule has 2 rings (SSSR count). The zero-order valence-corrected chi connectivity index (χ0v) is 10.5. The maximum absolute atomic E-state index is 12.5. The Morgan fingerprint density at radius 3 is 2.60 bits per heavy atom. The standard InChI is InChI=1S/C13H6ClF3N2O/c14-10-4-5-12(19-11(10)7-18)20-9-3-1-2-8(6-9)13(15,16)17/h1-6H. The normalized spacial score (nSPS) is 10.9. The smallest absolute Gasteiger partial charge is 0.416 e. The van der Waals surface area contributed by atoms with Gasteiger partial charge >= 0.3 is 6.18 Å². The van der Waals surface area contributed by atoms with Gasteiger partial charge in [0.15, 0.2) is 5.69 Å². The van der Waals surface area contributed by atoms with Gasteiger partial charge in [-0.3, -0.25) is 0 Å². The van der Waals surface area contributed by atoms with Crippen molar-refractivity contribution in [3.63, 3.8) is 0 Å². The lowest BCUT2D eigenvalue weighted by Crippen LogP contribution is -2.04. The molecule has 0 saturated heterocycles. The van der Waals surface area contributed by atoms with Crippen molar-refractivity contribution in [1.29, 1.82) is 5.26 Å². The summed E-state index contributed by atoms with van der Waals surface area (Å²) >= 11 is 5.70. The van der Waals surface area contributed by atoms with E-state index in [1.165, 1.54) is 24.3 Å². The van der Waals surface area contributed by atoms with Crippen LogP contribution >= 0.6 is 11.6 Å². The molecule has 0 fully saturated rings. The minimum atomic E-state index is -4.45. The fraction of sp³-hybridized carbons (Fsp3) is 0.0769. The maximum atomic E-state index is 12.5. The highest BCUT2D eigenvalue weighted by Crippen LogP contribution is 2.32. The van der Waals surface area contributed by atoms with E-state index in [9.17, 15) is 13.2 Å². The minimum absolute atomic E-state index is 0.00901. The second-order valence-electron chi connectivity index (χ2n) is 3.72. The van der Waals surface area contributed by atoms with Crippen molar-refractivity contribution in [2.75, 3.05) is 0 Å². The van der Waals surface area contributed by atoms with E-state index in [4.69, 9.17) is 21.6 Å². The van der Waals surface area contributed by atoms with Crippen molar-refractivity contribution < 1.29 is 17.9 Å². The third-order valence-corrected chi connectivity index (χ3v) is 2.62. The molecule has 0 amide bonds. The number of hydrogen-bond acceptors (Lipinski definition) is 3. The van der Waals surface area contributed by atoms with E-state index in [0.29, 0.717) is 0 Å². The molecule has 1 heterocycles. The topological polar surface area (TPSA) is 45.9 Å². The van der Waals surface area contributed by atoms with E-state index in [0.717, 1.165) is 12.1 Å². The Labute approximate surface area is 117 Å². The number of nitrogens with zero attached hydrogens (tertiary/aromatic N) is 2. The summed E-state index contributed by atoms with van der Waals surface area (Å²) in [6.07, 6.45) is -4.45. The van der Waals surface area contributed by atoms with Gasteiger partial charge in [0.2, 0.25) is 5.88 Å². The average molecular weight is 299 g/mol. The molecule has 1 aromatic carbocycles. The quantitative estimate of drug-likeness (QED) is 0.824. The number of aromatic nitrogens is 1. The molecule has 20 heavy (non-hydrogen) atoms. The van der Waals surface area contributed by atoms with Gasteiger partial charge in [0.25, 0.3) is 0 Å². The lowest BCUT2D eigenvalue weighted by Gasteiger charge is -2.09. The Morgan fingerprint density at radius 2 is 1.95 bits per heavy atom. The Kier molecular flexibility index (Phi) is 3.81. The second-order valence-corrected chi connectivity index (χ2v) is 4.13.